The van der Waals surface area contributed by atoms with Gasteiger partial charge in [0.25, 0.3) is 0 Å². The normalized spacial score (nSPS) is 12.7. The Morgan fingerprint density at radius 2 is 2.31 bits per heavy atom. The van der Waals surface area contributed by atoms with E-state index in [1.54, 1.807) is 0 Å². The fourth-order valence-electron chi connectivity index (χ4n) is 0.827. The highest BCUT2D eigenvalue weighted by Crippen LogP contribution is 2.07. The average molecular weight is 248 g/mol. The largest absolute Gasteiger partial charge is 0.409 e. The minimum Gasteiger partial charge on any atom is -0.409 e. The zero-order chi connectivity index (χ0) is 12.2. The number of sulfonamides is 1. The molecule has 1 aromatic heterocycles. The van der Waals surface area contributed by atoms with E-state index in [0.29, 0.717) is 0 Å². The fraction of sp³-hybridized carbons (Fsp3) is 0.143. The maximum Gasteiger partial charge on any atom is 0.242 e. The molecule has 1 rings (SSSR count). The van der Waals surface area contributed by atoms with Crippen molar-refractivity contribution in [3.63, 3.8) is 0 Å². The van der Waals surface area contributed by atoms with Crippen LogP contribution in [0.4, 0.5) is 4.39 Å². The lowest BCUT2D eigenvalue weighted by atomic mass is 10.5. The average Bonchev–Trinajstić information content (AvgIpc) is 2.26. The van der Waals surface area contributed by atoms with Crippen molar-refractivity contribution in [3.05, 3.63) is 24.3 Å². The van der Waals surface area contributed by atoms with E-state index in [4.69, 9.17) is 10.9 Å². The highest BCUT2D eigenvalue weighted by Gasteiger charge is 2.15. The molecule has 0 spiro atoms. The van der Waals surface area contributed by atoms with Crippen molar-refractivity contribution in [2.45, 2.75) is 4.90 Å². The van der Waals surface area contributed by atoms with Gasteiger partial charge in [0.2, 0.25) is 10.0 Å². The second-order valence-electron chi connectivity index (χ2n) is 2.75. The third-order valence-corrected chi connectivity index (χ3v) is 2.93. The maximum atomic E-state index is 12.7. The Morgan fingerprint density at radius 1 is 1.62 bits per heavy atom. The standard InChI is InChI=1S/C7H9FN4O3S/c8-5-1-6(3-10-2-5)16(14,15)11-4-7(9)12-13/h1-3,11,13H,4H2,(H2,9,12). The summed E-state index contributed by atoms with van der Waals surface area (Å²) >= 11 is 0. The molecule has 9 heteroatoms. The van der Waals surface area contributed by atoms with Gasteiger partial charge in [-0.15, -0.1) is 0 Å². The summed E-state index contributed by atoms with van der Waals surface area (Å²) < 4.78 is 37.7. The van der Waals surface area contributed by atoms with Gasteiger partial charge in [0.05, 0.1) is 12.7 Å². The SMILES string of the molecule is NC(CNS(=O)(=O)c1cncc(F)c1)=NO. The molecule has 0 amide bonds. The van der Waals surface area contributed by atoms with Crippen molar-refractivity contribution in [2.75, 3.05) is 6.54 Å². The van der Waals surface area contributed by atoms with E-state index < -0.39 is 15.8 Å². The van der Waals surface area contributed by atoms with Crippen molar-refractivity contribution in [2.24, 2.45) is 10.9 Å². The molecule has 0 saturated carbocycles. The first kappa shape index (κ1) is 12.3. The Morgan fingerprint density at radius 3 is 2.88 bits per heavy atom. The van der Waals surface area contributed by atoms with E-state index in [1.807, 2.05) is 4.72 Å². The molecule has 0 fully saturated rings. The fourth-order valence-corrected chi connectivity index (χ4v) is 1.80. The Labute approximate surface area is 90.8 Å². The number of rotatable bonds is 4. The van der Waals surface area contributed by atoms with Gasteiger partial charge in [0.15, 0.2) is 5.84 Å². The summed E-state index contributed by atoms with van der Waals surface area (Å²) in [5, 5.41) is 10.8. The zero-order valence-electron chi connectivity index (χ0n) is 7.96. The Bertz CT molecular complexity index is 502. The van der Waals surface area contributed by atoms with Crippen molar-refractivity contribution < 1.29 is 18.0 Å². The molecule has 0 bridgehead atoms. The third kappa shape index (κ3) is 3.14. The molecule has 0 unspecified atom stereocenters. The summed E-state index contributed by atoms with van der Waals surface area (Å²) in [4.78, 5) is 3.06. The van der Waals surface area contributed by atoms with Gasteiger partial charge in [-0.25, -0.2) is 17.5 Å². The molecule has 16 heavy (non-hydrogen) atoms. The molecular weight excluding hydrogens is 239 g/mol. The van der Waals surface area contributed by atoms with Gasteiger partial charge in [-0.1, -0.05) is 5.16 Å². The van der Waals surface area contributed by atoms with Crippen LogP contribution in [0.5, 0.6) is 0 Å². The van der Waals surface area contributed by atoms with E-state index in [9.17, 15) is 12.8 Å². The van der Waals surface area contributed by atoms with Gasteiger partial charge in [-0.05, 0) is 6.07 Å². The van der Waals surface area contributed by atoms with Crippen molar-refractivity contribution in [1.82, 2.24) is 9.71 Å². The number of oxime groups is 1. The molecule has 88 valence electrons. The number of hydrogen-bond acceptors (Lipinski definition) is 5. The smallest absolute Gasteiger partial charge is 0.242 e. The number of hydrogen-bond donors (Lipinski definition) is 3. The Hall–Kier alpha value is -1.74. The van der Waals surface area contributed by atoms with Crippen LogP contribution < -0.4 is 10.5 Å². The Balaban J connectivity index is 2.87. The summed E-state index contributed by atoms with van der Waals surface area (Å²) in [5.74, 6) is -1.08. The topological polar surface area (TPSA) is 118 Å². The molecular formula is C7H9FN4O3S. The van der Waals surface area contributed by atoms with Crippen LogP contribution in [0.1, 0.15) is 0 Å². The minimum atomic E-state index is -3.91. The first-order chi connectivity index (χ1) is 7.45. The molecule has 0 aromatic carbocycles. The molecule has 0 atom stereocenters. The lowest BCUT2D eigenvalue weighted by Crippen LogP contribution is -2.33. The number of nitrogens with zero attached hydrogens (tertiary/aromatic N) is 2. The van der Waals surface area contributed by atoms with Crippen LogP contribution in [0.15, 0.2) is 28.5 Å². The highest BCUT2D eigenvalue weighted by atomic mass is 32.2. The maximum absolute atomic E-state index is 12.7. The second kappa shape index (κ2) is 4.86. The van der Waals surface area contributed by atoms with Gasteiger partial charge in [0.1, 0.15) is 10.7 Å². The number of pyridine rings is 1. The van der Waals surface area contributed by atoms with Crippen LogP contribution >= 0.6 is 0 Å². The van der Waals surface area contributed by atoms with E-state index >= 15 is 0 Å². The second-order valence-corrected chi connectivity index (χ2v) is 4.52. The molecule has 0 radical (unpaired) electrons. The minimum absolute atomic E-state index is 0.312. The highest BCUT2D eigenvalue weighted by molar-refractivity contribution is 7.89. The summed E-state index contributed by atoms with van der Waals surface area (Å²) in [6.07, 6.45) is 1.86. The van der Waals surface area contributed by atoms with Gasteiger partial charge in [-0.2, -0.15) is 0 Å². The quantitative estimate of drug-likeness (QED) is 0.280. The molecule has 0 aliphatic carbocycles. The Kier molecular flexibility index (Phi) is 3.74. The van der Waals surface area contributed by atoms with Gasteiger partial charge in [-0.3, -0.25) is 4.98 Å². The first-order valence-electron chi connectivity index (χ1n) is 4.02. The first-order valence-corrected chi connectivity index (χ1v) is 5.50. The number of nitrogens with one attached hydrogen (secondary N) is 1. The van der Waals surface area contributed by atoms with E-state index in [2.05, 4.69) is 10.1 Å². The van der Waals surface area contributed by atoms with Crippen LogP contribution in [0.2, 0.25) is 0 Å². The van der Waals surface area contributed by atoms with Gasteiger partial charge < -0.3 is 10.9 Å². The molecule has 1 aromatic rings. The van der Waals surface area contributed by atoms with Crippen LogP contribution in [0.3, 0.4) is 0 Å². The van der Waals surface area contributed by atoms with Crippen LogP contribution in [-0.4, -0.2) is 31.0 Å². The van der Waals surface area contributed by atoms with E-state index in [-0.39, 0.29) is 17.3 Å². The lowest BCUT2D eigenvalue weighted by Gasteiger charge is -2.04. The van der Waals surface area contributed by atoms with Crippen molar-refractivity contribution in [1.29, 1.82) is 0 Å². The number of nitrogens with two attached hydrogens (primary N) is 1. The number of halogens is 1. The summed E-state index contributed by atoms with van der Waals surface area (Å²) in [6.45, 7) is -0.380. The molecule has 4 N–H and O–H groups in total. The summed E-state index contributed by atoms with van der Waals surface area (Å²) in [6, 6.07) is 0.807. The third-order valence-electron chi connectivity index (χ3n) is 1.56. The zero-order valence-corrected chi connectivity index (χ0v) is 8.78. The van der Waals surface area contributed by atoms with Crippen LogP contribution in [-0.2, 0) is 10.0 Å². The lowest BCUT2D eigenvalue weighted by molar-refractivity contribution is 0.317. The van der Waals surface area contributed by atoms with Crippen LogP contribution in [0, 0.1) is 5.82 Å². The van der Waals surface area contributed by atoms with Gasteiger partial charge in [0, 0.05) is 6.20 Å². The molecule has 0 aliphatic heterocycles. The van der Waals surface area contributed by atoms with Crippen molar-refractivity contribution >= 4 is 15.9 Å². The predicted molar refractivity (Wildman–Crippen MR) is 52.8 cm³/mol. The molecule has 0 saturated heterocycles. The monoisotopic (exact) mass is 248 g/mol. The van der Waals surface area contributed by atoms with Gasteiger partial charge >= 0.3 is 0 Å². The van der Waals surface area contributed by atoms with Crippen LogP contribution in [0.25, 0.3) is 0 Å². The molecule has 1 heterocycles. The summed E-state index contributed by atoms with van der Waals surface area (Å²) in [5.41, 5.74) is 5.07. The summed E-state index contributed by atoms with van der Waals surface area (Å²) in [7, 11) is -3.91. The van der Waals surface area contributed by atoms with E-state index in [0.717, 1.165) is 18.5 Å². The number of aromatic nitrogens is 1. The molecule has 0 aliphatic rings. The van der Waals surface area contributed by atoms with E-state index in [1.165, 1.54) is 0 Å². The molecule has 7 nitrogen and oxygen atoms in total. The van der Waals surface area contributed by atoms with Crippen molar-refractivity contribution in [3.8, 4) is 0 Å². The predicted octanol–water partition coefficient (Wildman–Crippen LogP) is -0.755. The number of amidine groups is 1.